The van der Waals surface area contributed by atoms with Gasteiger partial charge in [-0.3, -0.25) is 0 Å². The van der Waals surface area contributed by atoms with Gasteiger partial charge >= 0.3 is 0 Å². The fourth-order valence-corrected chi connectivity index (χ4v) is 1.62. The summed E-state index contributed by atoms with van der Waals surface area (Å²) in [6.45, 7) is 10.2. The molecule has 0 spiro atoms. The van der Waals surface area contributed by atoms with Crippen LogP contribution in [0.15, 0.2) is 0 Å². The maximum atomic E-state index is 6.43. The Morgan fingerprint density at radius 2 is 0.867 bits per heavy atom. The van der Waals surface area contributed by atoms with E-state index in [9.17, 15) is 0 Å². The average molecular weight is 274 g/mol. The summed E-state index contributed by atoms with van der Waals surface area (Å²) in [5, 5.41) is 0. The largest absolute Gasteiger partial charge is 0.120 e. The van der Waals surface area contributed by atoms with Gasteiger partial charge in [0.25, 0.3) is 0 Å². The zero-order valence-electron chi connectivity index (χ0n) is 10.5. The van der Waals surface area contributed by atoms with Crippen LogP contribution in [0.1, 0.15) is 60.3 Å². The molecule has 0 N–H and O–H groups in total. The summed E-state index contributed by atoms with van der Waals surface area (Å²) in [7, 11) is 0. The standard InChI is InChI=1S/C12H23Cl3/c1-10(2,13)6-8-12(5,15)9-7-11(3,4)14/h6-9H2,1-5H3. The Labute approximate surface area is 110 Å². The van der Waals surface area contributed by atoms with E-state index in [1.807, 2.05) is 27.7 Å². The lowest BCUT2D eigenvalue weighted by molar-refractivity contribution is 0.437. The maximum Gasteiger partial charge on any atom is 0.0420 e. The van der Waals surface area contributed by atoms with Crippen molar-refractivity contribution < 1.29 is 0 Å². The normalized spacial score (nSPS) is 14.4. The molecule has 0 nitrogen and oxygen atoms in total. The smallest absolute Gasteiger partial charge is 0.0420 e. The highest BCUT2D eigenvalue weighted by atomic mass is 35.5. The van der Waals surface area contributed by atoms with Gasteiger partial charge in [0.15, 0.2) is 0 Å². The second-order valence-electron chi connectivity index (χ2n) is 5.85. The van der Waals surface area contributed by atoms with Crippen molar-refractivity contribution in [3.63, 3.8) is 0 Å². The molecule has 15 heavy (non-hydrogen) atoms. The van der Waals surface area contributed by atoms with Crippen molar-refractivity contribution in [2.45, 2.75) is 74.9 Å². The van der Waals surface area contributed by atoms with Gasteiger partial charge in [0.2, 0.25) is 0 Å². The molecule has 0 atom stereocenters. The second kappa shape index (κ2) is 5.47. The first-order chi connectivity index (χ1) is 6.41. The number of hydrogen-bond donors (Lipinski definition) is 0. The molecule has 0 radical (unpaired) electrons. The van der Waals surface area contributed by atoms with Crippen LogP contribution in [0.25, 0.3) is 0 Å². The van der Waals surface area contributed by atoms with E-state index in [2.05, 4.69) is 6.92 Å². The monoisotopic (exact) mass is 272 g/mol. The summed E-state index contributed by atoms with van der Waals surface area (Å²) in [4.78, 5) is -0.502. The van der Waals surface area contributed by atoms with Crippen LogP contribution in [0, 0.1) is 0 Å². The third-order valence-electron chi connectivity index (χ3n) is 2.48. The zero-order chi connectivity index (χ0) is 12.3. The summed E-state index contributed by atoms with van der Waals surface area (Å²) < 4.78 is 0. The van der Waals surface area contributed by atoms with Crippen LogP contribution in [0.5, 0.6) is 0 Å². The van der Waals surface area contributed by atoms with Gasteiger partial charge in [-0.1, -0.05) is 0 Å². The Hall–Kier alpha value is 0.870. The van der Waals surface area contributed by atoms with Crippen LogP contribution < -0.4 is 0 Å². The molecule has 0 aliphatic carbocycles. The minimum atomic E-state index is -0.182. The van der Waals surface area contributed by atoms with Crippen LogP contribution >= 0.6 is 34.8 Å². The molecule has 0 aliphatic heterocycles. The quantitative estimate of drug-likeness (QED) is 0.554. The predicted octanol–water partition coefficient (Wildman–Crippen LogP) is 5.58. The molecular formula is C12H23Cl3. The van der Waals surface area contributed by atoms with Gasteiger partial charge in [0.05, 0.1) is 0 Å². The number of rotatable bonds is 6. The summed E-state index contributed by atoms with van der Waals surface area (Å²) in [6.07, 6.45) is 3.71. The van der Waals surface area contributed by atoms with Crippen molar-refractivity contribution in [2.24, 2.45) is 0 Å². The predicted molar refractivity (Wildman–Crippen MR) is 72.6 cm³/mol. The Kier molecular flexibility index (Phi) is 5.79. The molecule has 92 valence electrons. The third kappa shape index (κ3) is 11.1. The van der Waals surface area contributed by atoms with Gasteiger partial charge in [0, 0.05) is 14.6 Å². The first-order valence-corrected chi connectivity index (χ1v) is 6.62. The second-order valence-corrected chi connectivity index (χ2v) is 8.81. The Bertz CT molecular complexity index is 164. The molecule has 0 heterocycles. The van der Waals surface area contributed by atoms with Crippen molar-refractivity contribution in [1.82, 2.24) is 0 Å². The fourth-order valence-electron chi connectivity index (χ4n) is 1.24. The van der Waals surface area contributed by atoms with E-state index in [0.29, 0.717) is 0 Å². The van der Waals surface area contributed by atoms with E-state index in [1.165, 1.54) is 0 Å². The van der Waals surface area contributed by atoms with Crippen LogP contribution in [-0.4, -0.2) is 14.6 Å². The molecule has 3 heteroatoms. The highest BCUT2D eigenvalue weighted by molar-refractivity contribution is 6.25. The number of hydrogen-bond acceptors (Lipinski definition) is 0. The van der Waals surface area contributed by atoms with E-state index in [-0.39, 0.29) is 14.6 Å². The molecule has 0 aromatic heterocycles. The Morgan fingerprint density at radius 3 is 1.07 bits per heavy atom. The molecular weight excluding hydrogens is 250 g/mol. The average Bonchev–Trinajstić information content (AvgIpc) is 1.96. The molecule has 0 aliphatic rings. The molecule has 0 bridgehead atoms. The van der Waals surface area contributed by atoms with Crippen molar-refractivity contribution in [3.05, 3.63) is 0 Å². The van der Waals surface area contributed by atoms with E-state index < -0.39 is 0 Å². The van der Waals surface area contributed by atoms with Gasteiger partial charge in [-0.05, 0) is 60.3 Å². The molecule has 0 fully saturated rings. The minimum Gasteiger partial charge on any atom is -0.120 e. The molecule has 0 saturated carbocycles. The van der Waals surface area contributed by atoms with Crippen molar-refractivity contribution in [1.29, 1.82) is 0 Å². The van der Waals surface area contributed by atoms with E-state index in [4.69, 9.17) is 34.8 Å². The van der Waals surface area contributed by atoms with Crippen LogP contribution in [0.3, 0.4) is 0 Å². The first kappa shape index (κ1) is 15.9. The van der Waals surface area contributed by atoms with Gasteiger partial charge in [-0.25, -0.2) is 0 Å². The Morgan fingerprint density at radius 1 is 0.600 bits per heavy atom. The highest BCUT2D eigenvalue weighted by Gasteiger charge is 2.27. The van der Waals surface area contributed by atoms with Crippen LogP contribution in [0.2, 0.25) is 0 Å². The molecule has 0 rings (SSSR count). The summed E-state index contributed by atoms with van der Waals surface area (Å²) in [6, 6.07) is 0. The number of alkyl halides is 3. The summed E-state index contributed by atoms with van der Waals surface area (Å²) in [5.41, 5.74) is 0. The molecule has 0 aromatic rings. The van der Waals surface area contributed by atoms with Crippen molar-refractivity contribution >= 4 is 34.8 Å². The van der Waals surface area contributed by atoms with Crippen molar-refractivity contribution in [2.75, 3.05) is 0 Å². The van der Waals surface area contributed by atoms with Gasteiger partial charge in [-0.15, -0.1) is 34.8 Å². The van der Waals surface area contributed by atoms with Gasteiger partial charge in [-0.2, -0.15) is 0 Å². The molecule has 0 amide bonds. The van der Waals surface area contributed by atoms with Crippen LogP contribution in [0.4, 0.5) is 0 Å². The zero-order valence-corrected chi connectivity index (χ0v) is 12.7. The van der Waals surface area contributed by atoms with Crippen molar-refractivity contribution in [3.8, 4) is 0 Å². The maximum absolute atomic E-state index is 6.43. The molecule has 0 saturated heterocycles. The third-order valence-corrected chi connectivity index (χ3v) is 3.24. The lowest BCUT2D eigenvalue weighted by Gasteiger charge is -2.28. The first-order valence-electron chi connectivity index (χ1n) is 5.48. The van der Waals surface area contributed by atoms with E-state index >= 15 is 0 Å². The van der Waals surface area contributed by atoms with Gasteiger partial charge < -0.3 is 0 Å². The lowest BCUT2D eigenvalue weighted by Crippen LogP contribution is -2.24. The molecule has 0 unspecified atom stereocenters. The Balaban J connectivity index is 3.98. The topological polar surface area (TPSA) is 0 Å². The minimum absolute atomic E-state index is 0.160. The SMILES string of the molecule is CC(C)(Cl)CCC(C)(Cl)CCC(C)(C)Cl. The fraction of sp³-hybridized carbons (Fsp3) is 1.00. The lowest BCUT2D eigenvalue weighted by atomic mass is 9.91. The van der Waals surface area contributed by atoms with Gasteiger partial charge in [0.1, 0.15) is 0 Å². The highest BCUT2D eigenvalue weighted by Crippen LogP contribution is 2.34. The number of halogens is 3. The van der Waals surface area contributed by atoms with E-state index in [0.717, 1.165) is 25.7 Å². The molecule has 0 aromatic carbocycles. The van der Waals surface area contributed by atoms with Crippen LogP contribution in [-0.2, 0) is 0 Å². The van der Waals surface area contributed by atoms with E-state index in [1.54, 1.807) is 0 Å². The summed E-state index contributed by atoms with van der Waals surface area (Å²) in [5.74, 6) is 0. The summed E-state index contributed by atoms with van der Waals surface area (Å²) >= 11 is 18.7.